The van der Waals surface area contributed by atoms with E-state index in [1.807, 2.05) is 61.5 Å². The van der Waals surface area contributed by atoms with Crippen molar-refractivity contribution in [3.05, 3.63) is 65.7 Å². The van der Waals surface area contributed by atoms with Crippen molar-refractivity contribution < 1.29 is 9.53 Å². The van der Waals surface area contributed by atoms with Crippen LogP contribution in [0.15, 0.2) is 59.6 Å². The molecule has 138 valence electrons. The summed E-state index contributed by atoms with van der Waals surface area (Å²) in [4.78, 5) is 16.5. The number of benzene rings is 2. The summed E-state index contributed by atoms with van der Waals surface area (Å²) < 4.78 is 5.12. The lowest BCUT2D eigenvalue weighted by Crippen LogP contribution is -2.43. The van der Waals surface area contributed by atoms with Crippen LogP contribution in [0.3, 0.4) is 0 Å². The van der Waals surface area contributed by atoms with Crippen LogP contribution in [0, 0.1) is 0 Å². The molecular formula is C20H26N4O2. The van der Waals surface area contributed by atoms with Gasteiger partial charge < -0.3 is 20.7 Å². The highest BCUT2D eigenvalue weighted by Gasteiger charge is 2.04. The highest BCUT2D eigenvalue weighted by atomic mass is 16.5. The van der Waals surface area contributed by atoms with Gasteiger partial charge in [-0.15, -0.1) is 0 Å². The molecular weight excluding hydrogens is 328 g/mol. The summed E-state index contributed by atoms with van der Waals surface area (Å²) in [5.41, 5.74) is 2.14. The number of methoxy groups -OCH3 is 1. The molecule has 0 aliphatic rings. The Bertz CT molecular complexity index is 700. The minimum Gasteiger partial charge on any atom is -0.497 e. The van der Waals surface area contributed by atoms with Crippen LogP contribution in [0.1, 0.15) is 18.1 Å². The minimum absolute atomic E-state index is 0.0915. The van der Waals surface area contributed by atoms with E-state index in [9.17, 15) is 4.79 Å². The summed E-state index contributed by atoms with van der Waals surface area (Å²) in [7, 11) is 1.63. The first-order chi connectivity index (χ1) is 12.7. The number of nitrogens with one attached hydrogen (secondary N) is 3. The minimum atomic E-state index is -0.0915. The summed E-state index contributed by atoms with van der Waals surface area (Å²) in [5.74, 6) is 1.33. The molecule has 2 aromatic carbocycles. The summed E-state index contributed by atoms with van der Waals surface area (Å²) in [6, 6.07) is 17.6. The number of carbonyl (C=O) groups excluding carboxylic acids is 1. The van der Waals surface area contributed by atoms with Crippen molar-refractivity contribution in [2.75, 3.05) is 20.2 Å². The molecule has 3 N–H and O–H groups in total. The van der Waals surface area contributed by atoms with Crippen LogP contribution >= 0.6 is 0 Å². The predicted molar refractivity (Wildman–Crippen MR) is 104 cm³/mol. The van der Waals surface area contributed by atoms with Crippen LogP contribution in [0.2, 0.25) is 0 Å². The van der Waals surface area contributed by atoms with E-state index in [0.717, 1.165) is 23.4 Å². The molecule has 0 saturated carbocycles. The van der Waals surface area contributed by atoms with Crippen molar-refractivity contribution in [2.24, 2.45) is 4.99 Å². The third-order valence-electron chi connectivity index (χ3n) is 3.67. The van der Waals surface area contributed by atoms with E-state index in [1.165, 1.54) is 0 Å². The van der Waals surface area contributed by atoms with E-state index < -0.39 is 0 Å². The average molecular weight is 354 g/mol. The zero-order valence-electron chi connectivity index (χ0n) is 15.3. The first kappa shape index (κ1) is 19.3. The zero-order chi connectivity index (χ0) is 18.6. The van der Waals surface area contributed by atoms with Crippen LogP contribution in [-0.2, 0) is 17.9 Å². The normalized spacial score (nSPS) is 10.9. The molecule has 0 fully saturated rings. The van der Waals surface area contributed by atoms with Crippen LogP contribution < -0.4 is 20.7 Å². The number of hydrogen-bond donors (Lipinski definition) is 3. The molecule has 0 bridgehead atoms. The van der Waals surface area contributed by atoms with Gasteiger partial charge >= 0.3 is 0 Å². The number of guanidine groups is 1. The number of aliphatic imine (C=N–C) groups is 1. The Labute approximate surface area is 154 Å². The second kappa shape index (κ2) is 10.8. The second-order valence-electron chi connectivity index (χ2n) is 5.66. The lowest BCUT2D eigenvalue weighted by Gasteiger charge is -2.12. The molecule has 0 aliphatic carbocycles. The van der Waals surface area contributed by atoms with Gasteiger partial charge in [-0.25, -0.2) is 4.99 Å². The molecule has 2 rings (SSSR count). The van der Waals surface area contributed by atoms with Gasteiger partial charge in [0.1, 0.15) is 5.75 Å². The number of rotatable bonds is 8. The Morgan fingerprint density at radius 1 is 0.962 bits per heavy atom. The number of nitrogens with zero attached hydrogens (tertiary/aromatic N) is 1. The molecule has 0 saturated heterocycles. The van der Waals surface area contributed by atoms with Gasteiger partial charge in [0.15, 0.2) is 5.96 Å². The van der Waals surface area contributed by atoms with E-state index >= 15 is 0 Å². The summed E-state index contributed by atoms with van der Waals surface area (Å²) in [6.07, 6.45) is 0. The van der Waals surface area contributed by atoms with E-state index in [4.69, 9.17) is 4.74 Å². The number of amides is 1. The van der Waals surface area contributed by atoms with Crippen molar-refractivity contribution in [1.82, 2.24) is 16.0 Å². The molecule has 0 aliphatic heterocycles. The largest absolute Gasteiger partial charge is 0.497 e. The fourth-order valence-electron chi connectivity index (χ4n) is 2.27. The smallest absolute Gasteiger partial charge is 0.239 e. The zero-order valence-corrected chi connectivity index (χ0v) is 15.3. The Hall–Kier alpha value is -3.02. The molecule has 0 atom stereocenters. The third kappa shape index (κ3) is 6.84. The molecule has 26 heavy (non-hydrogen) atoms. The molecule has 0 unspecified atom stereocenters. The Kier molecular flexibility index (Phi) is 7.99. The van der Waals surface area contributed by atoms with E-state index in [2.05, 4.69) is 20.9 Å². The Morgan fingerprint density at radius 2 is 1.69 bits per heavy atom. The Morgan fingerprint density at radius 3 is 2.35 bits per heavy atom. The first-order valence-electron chi connectivity index (χ1n) is 8.67. The van der Waals surface area contributed by atoms with Gasteiger partial charge in [0.05, 0.1) is 20.2 Å². The van der Waals surface area contributed by atoms with Crippen LogP contribution in [-0.4, -0.2) is 32.1 Å². The Balaban J connectivity index is 1.78. The summed E-state index contributed by atoms with van der Waals surface area (Å²) >= 11 is 0. The van der Waals surface area contributed by atoms with Gasteiger partial charge in [-0.3, -0.25) is 4.79 Å². The van der Waals surface area contributed by atoms with Crippen molar-refractivity contribution in [3.8, 4) is 5.75 Å². The fraction of sp³-hybridized carbons (Fsp3) is 0.300. The van der Waals surface area contributed by atoms with Gasteiger partial charge in [-0.05, 0) is 30.2 Å². The van der Waals surface area contributed by atoms with Gasteiger partial charge in [-0.2, -0.15) is 0 Å². The molecule has 2 aromatic rings. The second-order valence-corrected chi connectivity index (χ2v) is 5.66. The quantitative estimate of drug-likeness (QED) is 0.501. The van der Waals surface area contributed by atoms with Gasteiger partial charge in [0, 0.05) is 13.1 Å². The maximum absolute atomic E-state index is 12.0. The fourth-order valence-corrected chi connectivity index (χ4v) is 2.27. The molecule has 0 aromatic heterocycles. The van der Waals surface area contributed by atoms with Gasteiger partial charge in [-0.1, -0.05) is 42.5 Å². The lowest BCUT2D eigenvalue weighted by atomic mass is 10.2. The molecule has 6 nitrogen and oxygen atoms in total. The maximum atomic E-state index is 12.0. The monoisotopic (exact) mass is 354 g/mol. The van der Waals surface area contributed by atoms with Crippen LogP contribution in [0.25, 0.3) is 0 Å². The van der Waals surface area contributed by atoms with Crippen molar-refractivity contribution in [1.29, 1.82) is 0 Å². The number of hydrogen-bond acceptors (Lipinski definition) is 3. The maximum Gasteiger partial charge on any atom is 0.239 e. The van der Waals surface area contributed by atoms with Crippen molar-refractivity contribution >= 4 is 11.9 Å². The standard InChI is InChI=1S/C20H26N4O2/c1-3-21-20(23-14-16-7-5-4-6-8-16)24-15-19(25)22-13-17-9-11-18(26-2)12-10-17/h4-12H,3,13-15H2,1-2H3,(H,22,25)(H2,21,23,24). The lowest BCUT2D eigenvalue weighted by molar-refractivity contribution is -0.120. The van der Waals surface area contributed by atoms with E-state index in [-0.39, 0.29) is 12.5 Å². The number of carbonyl (C=O) groups is 1. The summed E-state index contributed by atoms with van der Waals surface area (Å²) in [5, 5.41) is 9.07. The molecule has 1 amide bonds. The SMILES string of the molecule is CCNC(=NCc1ccccc1)NCC(=O)NCc1ccc(OC)cc1. The molecule has 0 spiro atoms. The third-order valence-corrected chi connectivity index (χ3v) is 3.67. The van der Waals surface area contributed by atoms with E-state index in [0.29, 0.717) is 19.0 Å². The predicted octanol–water partition coefficient (Wildman–Crippen LogP) is 2.07. The molecule has 0 radical (unpaired) electrons. The van der Waals surface area contributed by atoms with Crippen molar-refractivity contribution in [2.45, 2.75) is 20.0 Å². The van der Waals surface area contributed by atoms with E-state index in [1.54, 1.807) is 7.11 Å². The number of ether oxygens (including phenoxy) is 1. The van der Waals surface area contributed by atoms with Crippen molar-refractivity contribution in [3.63, 3.8) is 0 Å². The van der Waals surface area contributed by atoms with Crippen LogP contribution in [0.5, 0.6) is 5.75 Å². The van der Waals surface area contributed by atoms with Gasteiger partial charge in [0.2, 0.25) is 5.91 Å². The summed E-state index contributed by atoms with van der Waals surface area (Å²) in [6.45, 7) is 3.92. The van der Waals surface area contributed by atoms with Gasteiger partial charge in [0.25, 0.3) is 0 Å². The average Bonchev–Trinajstić information content (AvgIpc) is 2.69. The highest BCUT2D eigenvalue weighted by molar-refractivity contribution is 5.86. The topological polar surface area (TPSA) is 74.8 Å². The molecule has 0 heterocycles. The first-order valence-corrected chi connectivity index (χ1v) is 8.67. The highest BCUT2D eigenvalue weighted by Crippen LogP contribution is 2.10. The van der Waals surface area contributed by atoms with Crippen LogP contribution in [0.4, 0.5) is 0 Å². The molecule has 6 heteroatoms.